The molecule has 6 rings (SSSR count). The predicted molar refractivity (Wildman–Crippen MR) is 169 cm³/mol. The van der Waals surface area contributed by atoms with E-state index in [4.69, 9.17) is 0 Å². The minimum Gasteiger partial charge on any atom is -0.392 e. The Labute approximate surface area is 239 Å². The molecule has 200 valence electrons. The van der Waals surface area contributed by atoms with Gasteiger partial charge in [-0.3, -0.25) is 4.90 Å². The average molecular weight is 540 g/mol. The second-order valence-corrected chi connectivity index (χ2v) is 15.4. The molecule has 2 atom stereocenters. The Hall–Kier alpha value is -3.76. The highest BCUT2D eigenvalue weighted by atomic mass is 28.3. The van der Waals surface area contributed by atoms with E-state index in [1.807, 2.05) is 0 Å². The molecule has 1 unspecified atom stereocenters. The van der Waals surface area contributed by atoms with E-state index in [1.54, 1.807) is 0 Å². The fourth-order valence-corrected chi connectivity index (χ4v) is 10.6. The van der Waals surface area contributed by atoms with Crippen molar-refractivity contribution in [3.8, 4) is 0 Å². The Kier molecular flexibility index (Phi) is 7.53. The molecule has 1 heterocycles. The largest absolute Gasteiger partial charge is 0.392 e. The van der Waals surface area contributed by atoms with Gasteiger partial charge in [-0.2, -0.15) is 0 Å². The summed E-state index contributed by atoms with van der Waals surface area (Å²) >= 11 is 0. The summed E-state index contributed by atoms with van der Waals surface area (Å²) in [6, 6.07) is 55.1. The first-order chi connectivity index (χ1) is 19.6. The van der Waals surface area contributed by atoms with Crippen LogP contribution in [0.2, 0.25) is 12.6 Å². The zero-order chi connectivity index (χ0) is 27.4. The van der Waals surface area contributed by atoms with Gasteiger partial charge in [-0.1, -0.05) is 169 Å². The van der Waals surface area contributed by atoms with Gasteiger partial charge >= 0.3 is 0 Å². The molecule has 1 aliphatic rings. The lowest BCUT2D eigenvalue weighted by Crippen LogP contribution is -2.66. The van der Waals surface area contributed by atoms with Crippen LogP contribution in [0.3, 0.4) is 0 Å². The summed E-state index contributed by atoms with van der Waals surface area (Å²) in [5.41, 5.74) is 3.20. The Morgan fingerprint density at radius 3 is 1.30 bits per heavy atom. The molecule has 0 aromatic heterocycles. The third-order valence-electron chi connectivity index (χ3n) is 8.96. The van der Waals surface area contributed by atoms with Crippen LogP contribution < -0.4 is 10.4 Å². The number of likely N-dealkylation sites (tertiary alicyclic amines) is 1. The molecule has 1 fully saturated rings. The normalized spacial score (nSPS) is 16.7. The standard InChI is InChI=1S/C37H37NOSi/c1-40(33-23-13-5-14-24-33,34-25-15-6-16-26-34)29-36(39)35-27-28-38(35)37(30-17-7-2-8-18-30,31-19-9-3-10-20-31)32-21-11-4-12-22-32/h2-26,35-36,39H,27-29H2,1H3/t35-,36?/m0/s1. The SMILES string of the molecule is C[Si](CC(O)[C@@H]1CCN1C(c1ccccc1)(c1ccccc1)c1ccccc1)(c1ccccc1)c1ccccc1. The van der Waals surface area contributed by atoms with Crippen molar-refractivity contribution in [1.82, 2.24) is 4.90 Å². The number of hydrogen-bond acceptors (Lipinski definition) is 2. The van der Waals surface area contributed by atoms with E-state index in [0.717, 1.165) is 19.0 Å². The summed E-state index contributed by atoms with van der Waals surface area (Å²) in [5.74, 6) is 0. The lowest BCUT2D eigenvalue weighted by atomic mass is 9.72. The van der Waals surface area contributed by atoms with Crippen molar-refractivity contribution >= 4 is 18.4 Å². The first kappa shape index (κ1) is 26.5. The summed E-state index contributed by atoms with van der Waals surface area (Å²) in [6.07, 6.45) is 0.519. The molecule has 1 aliphatic heterocycles. The molecule has 0 saturated carbocycles. The Morgan fingerprint density at radius 2 is 0.975 bits per heavy atom. The monoisotopic (exact) mass is 539 g/mol. The first-order valence-corrected chi connectivity index (χ1v) is 17.1. The molecule has 5 aromatic rings. The van der Waals surface area contributed by atoms with Crippen molar-refractivity contribution in [2.45, 2.75) is 36.7 Å². The van der Waals surface area contributed by atoms with Gasteiger partial charge in [0.25, 0.3) is 0 Å². The van der Waals surface area contributed by atoms with Crippen LogP contribution in [0.5, 0.6) is 0 Å². The molecular weight excluding hydrogens is 502 g/mol. The van der Waals surface area contributed by atoms with Gasteiger partial charge in [-0.25, -0.2) is 0 Å². The zero-order valence-corrected chi connectivity index (χ0v) is 24.1. The number of benzene rings is 5. The summed E-state index contributed by atoms with van der Waals surface area (Å²) in [4.78, 5) is 2.57. The number of nitrogens with zero attached hydrogens (tertiary/aromatic N) is 1. The summed E-state index contributed by atoms with van der Waals surface area (Å²) < 4.78 is 0. The summed E-state index contributed by atoms with van der Waals surface area (Å²) in [6.45, 7) is 3.35. The first-order valence-electron chi connectivity index (χ1n) is 14.4. The lowest BCUT2D eigenvalue weighted by molar-refractivity contribution is -0.0523. The second kappa shape index (κ2) is 11.4. The van der Waals surface area contributed by atoms with Gasteiger partial charge in [0, 0.05) is 12.6 Å². The highest BCUT2D eigenvalue weighted by Crippen LogP contribution is 2.47. The lowest BCUT2D eigenvalue weighted by Gasteiger charge is -2.56. The van der Waals surface area contributed by atoms with Crippen LogP contribution in [0.15, 0.2) is 152 Å². The third kappa shape index (κ3) is 4.64. The quantitative estimate of drug-likeness (QED) is 0.175. The highest BCUT2D eigenvalue weighted by molar-refractivity contribution is 7.01. The van der Waals surface area contributed by atoms with Crippen LogP contribution in [0.4, 0.5) is 0 Å². The maximum absolute atomic E-state index is 12.2. The summed E-state index contributed by atoms with van der Waals surface area (Å²) in [5, 5.41) is 14.9. The number of rotatable bonds is 9. The van der Waals surface area contributed by atoms with Gasteiger partial charge in [0.2, 0.25) is 0 Å². The topological polar surface area (TPSA) is 23.5 Å². The molecule has 0 aliphatic carbocycles. The third-order valence-corrected chi connectivity index (χ3v) is 13.4. The smallest absolute Gasteiger partial charge is 0.117 e. The Bertz CT molecular complexity index is 1360. The maximum atomic E-state index is 12.2. The van der Waals surface area contributed by atoms with E-state index in [0.29, 0.717) is 0 Å². The number of aliphatic hydroxyl groups is 1. The van der Waals surface area contributed by atoms with Gasteiger partial charge in [-0.15, -0.1) is 0 Å². The fraction of sp³-hybridized carbons (Fsp3) is 0.189. The minimum atomic E-state index is -2.21. The number of hydrogen-bond donors (Lipinski definition) is 1. The van der Waals surface area contributed by atoms with E-state index in [-0.39, 0.29) is 6.04 Å². The Morgan fingerprint density at radius 1 is 0.625 bits per heavy atom. The fourth-order valence-electron chi connectivity index (χ4n) is 6.83. The van der Waals surface area contributed by atoms with Crippen LogP contribution in [0, 0.1) is 0 Å². The summed E-state index contributed by atoms with van der Waals surface area (Å²) in [7, 11) is -2.21. The second-order valence-electron chi connectivity index (χ2n) is 11.2. The van der Waals surface area contributed by atoms with Crippen molar-refractivity contribution in [2.75, 3.05) is 6.54 Å². The van der Waals surface area contributed by atoms with Crippen LogP contribution in [0.1, 0.15) is 23.1 Å². The van der Waals surface area contributed by atoms with Gasteiger partial charge in [0.05, 0.1) is 11.6 Å². The van der Waals surface area contributed by atoms with Gasteiger partial charge in [0.1, 0.15) is 8.07 Å². The van der Waals surface area contributed by atoms with Crippen LogP contribution in [-0.2, 0) is 5.54 Å². The molecule has 0 radical (unpaired) electrons. The molecule has 0 amide bonds. The van der Waals surface area contributed by atoms with Crippen molar-refractivity contribution in [3.63, 3.8) is 0 Å². The molecule has 0 spiro atoms. The van der Waals surface area contributed by atoms with Crippen LogP contribution >= 0.6 is 0 Å². The highest BCUT2D eigenvalue weighted by Gasteiger charge is 2.51. The van der Waals surface area contributed by atoms with Gasteiger partial charge in [0.15, 0.2) is 0 Å². The molecule has 5 aromatic carbocycles. The molecule has 0 bridgehead atoms. The maximum Gasteiger partial charge on any atom is 0.117 e. The Balaban J connectivity index is 1.45. The van der Waals surface area contributed by atoms with E-state index in [1.165, 1.54) is 27.1 Å². The van der Waals surface area contributed by atoms with Crippen LogP contribution in [-0.4, -0.2) is 36.8 Å². The van der Waals surface area contributed by atoms with Crippen LogP contribution in [0.25, 0.3) is 0 Å². The molecule has 40 heavy (non-hydrogen) atoms. The van der Waals surface area contributed by atoms with E-state index >= 15 is 0 Å². The van der Waals surface area contributed by atoms with Gasteiger partial charge in [-0.05, 0) is 29.2 Å². The van der Waals surface area contributed by atoms with Gasteiger partial charge < -0.3 is 5.11 Å². The number of aliphatic hydroxyl groups excluding tert-OH is 1. The van der Waals surface area contributed by atoms with Crippen molar-refractivity contribution in [3.05, 3.63) is 168 Å². The average Bonchev–Trinajstić information content (AvgIpc) is 3.01. The van der Waals surface area contributed by atoms with Crippen molar-refractivity contribution in [2.24, 2.45) is 0 Å². The van der Waals surface area contributed by atoms with E-state index in [2.05, 4.69) is 163 Å². The predicted octanol–water partition coefficient (Wildman–Crippen LogP) is 6.31. The minimum absolute atomic E-state index is 0.0415. The molecule has 1 N–H and O–H groups in total. The van der Waals surface area contributed by atoms with E-state index < -0.39 is 19.7 Å². The van der Waals surface area contributed by atoms with E-state index in [9.17, 15) is 5.11 Å². The zero-order valence-electron chi connectivity index (χ0n) is 23.1. The molecule has 1 saturated heterocycles. The van der Waals surface area contributed by atoms with Crippen molar-refractivity contribution < 1.29 is 5.11 Å². The molecule has 3 heteroatoms. The molecular formula is C37H37NOSi. The van der Waals surface area contributed by atoms with Crippen molar-refractivity contribution in [1.29, 1.82) is 0 Å². The molecule has 2 nitrogen and oxygen atoms in total.